The summed E-state index contributed by atoms with van der Waals surface area (Å²) in [6.07, 6.45) is 0. The lowest BCUT2D eigenvalue weighted by atomic mass is 10.1. The smallest absolute Gasteiger partial charge is 0.134 e. The Morgan fingerprint density at radius 1 is 1.39 bits per heavy atom. The van der Waals surface area contributed by atoms with Gasteiger partial charge in [-0.1, -0.05) is 0 Å². The van der Waals surface area contributed by atoms with Gasteiger partial charge in [0.25, 0.3) is 0 Å². The summed E-state index contributed by atoms with van der Waals surface area (Å²) in [5.74, 6) is 2.51. The number of nitrogens with zero attached hydrogens (tertiary/aromatic N) is 3. The molecule has 0 spiro atoms. The van der Waals surface area contributed by atoms with E-state index in [9.17, 15) is 0 Å². The molecule has 0 unspecified atom stereocenters. The number of hydrogen-bond acceptors (Lipinski definition) is 5. The molecule has 0 amide bonds. The Labute approximate surface area is 110 Å². The van der Waals surface area contributed by atoms with Gasteiger partial charge in [-0.2, -0.15) is 0 Å². The van der Waals surface area contributed by atoms with Gasteiger partial charge in [-0.25, -0.2) is 9.97 Å². The fraction of sp³-hybridized carbons (Fsp3) is 0.692. The van der Waals surface area contributed by atoms with E-state index in [1.54, 1.807) is 0 Å². The highest BCUT2D eigenvalue weighted by Crippen LogP contribution is 2.16. The molecule has 0 bridgehead atoms. The Hall–Kier alpha value is -1.36. The highest BCUT2D eigenvalue weighted by atomic mass is 15.2. The first kappa shape index (κ1) is 14.7. The lowest BCUT2D eigenvalue weighted by Gasteiger charge is -2.24. The summed E-state index contributed by atoms with van der Waals surface area (Å²) < 4.78 is 0. The third-order valence-electron chi connectivity index (χ3n) is 2.69. The number of anilines is 2. The molecule has 0 atom stereocenters. The Balaban J connectivity index is 2.87. The zero-order chi connectivity index (χ0) is 13.9. The maximum absolute atomic E-state index is 5.95. The van der Waals surface area contributed by atoms with Gasteiger partial charge in [-0.05, 0) is 34.6 Å². The summed E-state index contributed by atoms with van der Waals surface area (Å²) in [7, 11) is 2.03. The van der Waals surface area contributed by atoms with E-state index in [0.717, 1.165) is 17.5 Å². The molecule has 0 aliphatic rings. The molecule has 0 aliphatic carbocycles. The monoisotopic (exact) mass is 251 g/mol. The van der Waals surface area contributed by atoms with Crippen LogP contribution in [-0.4, -0.2) is 35.1 Å². The van der Waals surface area contributed by atoms with E-state index in [4.69, 9.17) is 5.73 Å². The van der Waals surface area contributed by atoms with E-state index in [2.05, 4.69) is 34.0 Å². The van der Waals surface area contributed by atoms with Crippen molar-refractivity contribution in [1.29, 1.82) is 0 Å². The number of nitrogens with two attached hydrogens (primary N) is 1. The largest absolute Gasteiger partial charge is 0.368 e. The van der Waals surface area contributed by atoms with Gasteiger partial charge >= 0.3 is 0 Å². The normalized spacial score (nSPS) is 11.8. The third-order valence-corrected chi connectivity index (χ3v) is 2.69. The summed E-state index contributed by atoms with van der Waals surface area (Å²) in [6.45, 7) is 10.8. The van der Waals surface area contributed by atoms with E-state index < -0.39 is 0 Å². The second kappa shape index (κ2) is 5.52. The van der Waals surface area contributed by atoms with Gasteiger partial charge in [0, 0.05) is 31.2 Å². The number of hydrogen-bond donors (Lipinski definition) is 2. The maximum Gasteiger partial charge on any atom is 0.134 e. The lowest BCUT2D eigenvalue weighted by Crippen LogP contribution is -2.39. The van der Waals surface area contributed by atoms with Crippen LogP contribution in [0.1, 0.15) is 33.5 Å². The molecule has 102 valence electrons. The molecule has 1 aromatic rings. The third kappa shape index (κ3) is 4.49. The molecule has 1 rings (SSSR count). The fourth-order valence-corrected chi connectivity index (χ4v) is 1.41. The van der Waals surface area contributed by atoms with Gasteiger partial charge in [-0.3, -0.25) is 0 Å². The second-order valence-corrected chi connectivity index (χ2v) is 5.71. The molecule has 0 radical (unpaired) electrons. The summed E-state index contributed by atoms with van der Waals surface area (Å²) in [5.41, 5.74) is 5.69. The first-order valence-electron chi connectivity index (χ1n) is 6.30. The minimum absolute atomic E-state index is 0.261. The van der Waals surface area contributed by atoms with Gasteiger partial charge < -0.3 is 16.0 Å². The molecule has 5 nitrogen and oxygen atoms in total. The SMILES string of the molecule is Cc1nc(NCC(C)(C)N)cc(N(C)C(C)C)n1. The Morgan fingerprint density at radius 2 is 2.00 bits per heavy atom. The van der Waals surface area contributed by atoms with Crippen LogP contribution in [0.5, 0.6) is 0 Å². The molecule has 0 fully saturated rings. The second-order valence-electron chi connectivity index (χ2n) is 5.71. The summed E-state index contributed by atoms with van der Waals surface area (Å²) in [5, 5.41) is 3.26. The van der Waals surface area contributed by atoms with Crippen LogP contribution < -0.4 is 16.0 Å². The van der Waals surface area contributed by atoms with Crippen LogP contribution in [0, 0.1) is 6.92 Å². The van der Waals surface area contributed by atoms with Crippen molar-refractivity contribution in [2.45, 2.75) is 46.2 Å². The zero-order valence-corrected chi connectivity index (χ0v) is 12.3. The lowest BCUT2D eigenvalue weighted by molar-refractivity contribution is 0.548. The standard InChI is InChI=1S/C13H25N5/c1-9(2)18(6)12-7-11(16-10(3)17-12)15-8-13(4,5)14/h7,9H,8,14H2,1-6H3,(H,15,16,17). The van der Waals surface area contributed by atoms with E-state index in [1.165, 1.54) is 0 Å². The van der Waals surface area contributed by atoms with E-state index in [1.807, 2.05) is 33.9 Å². The van der Waals surface area contributed by atoms with E-state index >= 15 is 0 Å². The Kier molecular flexibility index (Phi) is 4.51. The van der Waals surface area contributed by atoms with E-state index in [0.29, 0.717) is 12.6 Å². The first-order valence-corrected chi connectivity index (χ1v) is 6.30. The minimum atomic E-state index is -0.261. The highest BCUT2D eigenvalue weighted by molar-refractivity contribution is 5.49. The van der Waals surface area contributed by atoms with Gasteiger partial charge in [0.05, 0.1) is 0 Å². The maximum atomic E-state index is 5.95. The number of aryl methyl sites for hydroxylation is 1. The number of aromatic nitrogens is 2. The molecule has 3 N–H and O–H groups in total. The zero-order valence-electron chi connectivity index (χ0n) is 12.3. The molecule has 18 heavy (non-hydrogen) atoms. The predicted octanol–water partition coefficient (Wildman–Crippen LogP) is 1.78. The fourth-order valence-electron chi connectivity index (χ4n) is 1.41. The molecular weight excluding hydrogens is 226 g/mol. The molecule has 1 heterocycles. The minimum Gasteiger partial charge on any atom is -0.368 e. The molecule has 0 aromatic carbocycles. The molecule has 0 aliphatic heterocycles. The quantitative estimate of drug-likeness (QED) is 0.835. The van der Waals surface area contributed by atoms with E-state index in [-0.39, 0.29) is 5.54 Å². The van der Waals surface area contributed by atoms with Gasteiger partial charge in [0.1, 0.15) is 17.5 Å². The van der Waals surface area contributed by atoms with Crippen molar-refractivity contribution in [3.8, 4) is 0 Å². The van der Waals surface area contributed by atoms with Crippen molar-refractivity contribution in [3.63, 3.8) is 0 Å². The molecule has 1 aromatic heterocycles. The molecular formula is C13H25N5. The van der Waals surface area contributed by atoms with Crippen molar-refractivity contribution < 1.29 is 0 Å². The number of nitrogens with one attached hydrogen (secondary N) is 1. The van der Waals surface area contributed by atoms with Crippen LogP contribution in [0.15, 0.2) is 6.07 Å². The molecule has 0 saturated carbocycles. The Morgan fingerprint density at radius 3 is 2.50 bits per heavy atom. The summed E-state index contributed by atoms with van der Waals surface area (Å²) in [4.78, 5) is 10.9. The van der Waals surface area contributed by atoms with Gasteiger partial charge in [0.2, 0.25) is 0 Å². The van der Waals surface area contributed by atoms with Crippen LogP contribution in [-0.2, 0) is 0 Å². The summed E-state index contributed by atoms with van der Waals surface area (Å²) >= 11 is 0. The van der Waals surface area contributed by atoms with Crippen molar-refractivity contribution in [2.75, 3.05) is 23.8 Å². The predicted molar refractivity (Wildman–Crippen MR) is 77.1 cm³/mol. The van der Waals surface area contributed by atoms with Crippen LogP contribution in [0.3, 0.4) is 0 Å². The van der Waals surface area contributed by atoms with Crippen molar-refractivity contribution >= 4 is 11.6 Å². The molecule has 5 heteroatoms. The van der Waals surface area contributed by atoms with Gasteiger partial charge in [0.15, 0.2) is 0 Å². The van der Waals surface area contributed by atoms with Crippen LogP contribution in [0.25, 0.3) is 0 Å². The average molecular weight is 251 g/mol. The molecule has 0 saturated heterocycles. The van der Waals surface area contributed by atoms with Crippen molar-refractivity contribution in [1.82, 2.24) is 9.97 Å². The Bertz CT molecular complexity index is 395. The summed E-state index contributed by atoms with van der Waals surface area (Å²) in [6, 6.07) is 2.36. The van der Waals surface area contributed by atoms with Crippen molar-refractivity contribution in [3.05, 3.63) is 11.9 Å². The van der Waals surface area contributed by atoms with Gasteiger partial charge in [-0.15, -0.1) is 0 Å². The topological polar surface area (TPSA) is 67.1 Å². The highest BCUT2D eigenvalue weighted by Gasteiger charge is 2.12. The van der Waals surface area contributed by atoms with Crippen LogP contribution in [0.2, 0.25) is 0 Å². The number of rotatable bonds is 5. The van der Waals surface area contributed by atoms with Crippen LogP contribution >= 0.6 is 0 Å². The average Bonchev–Trinajstić information content (AvgIpc) is 2.23. The first-order chi connectivity index (χ1) is 8.19. The van der Waals surface area contributed by atoms with Crippen LogP contribution in [0.4, 0.5) is 11.6 Å². The van der Waals surface area contributed by atoms with Crippen molar-refractivity contribution in [2.24, 2.45) is 5.73 Å².